The summed E-state index contributed by atoms with van der Waals surface area (Å²) in [5.41, 5.74) is 0. The molecular formula is C8H18N2O2. The van der Waals surface area contributed by atoms with E-state index < -0.39 is 5.91 Å². The average molecular weight is 174 g/mol. The highest BCUT2D eigenvalue weighted by molar-refractivity contribution is 4.83. The fraction of sp³-hybridized carbons (Fsp3) is 1.00. The topological polar surface area (TPSA) is 55.7 Å². The molecule has 12 heavy (non-hydrogen) atoms. The quantitative estimate of drug-likeness (QED) is 0.461. The molecule has 4 nitrogen and oxygen atoms in total. The molecule has 3 N–H and O–H groups in total. The Balaban J connectivity index is 2.61. The van der Waals surface area contributed by atoms with Gasteiger partial charge in [0.05, 0.1) is 0 Å². The standard InChI is InChI=1S/C8H18N2O2/c1-6-5-10(8(3,11)12)7(2)4-9-6/h6-7,9,11-12H,4-5H2,1-3H3. The smallest absolute Gasteiger partial charge is 0.222 e. The van der Waals surface area contributed by atoms with Crippen LogP contribution in [0.25, 0.3) is 0 Å². The molecular weight excluding hydrogens is 156 g/mol. The zero-order valence-electron chi connectivity index (χ0n) is 7.91. The highest BCUT2D eigenvalue weighted by Gasteiger charge is 2.34. The van der Waals surface area contributed by atoms with E-state index in [9.17, 15) is 10.2 Å². The molecule has 2 atom stereocenters. The normalized spacial score (nSPS) is 33.8. The van der Waals surface area contributed by atoms with Crippen molar-refractivity contribution in [1.82, 2.24) is 10.2 Å². The van der Waals surface area contributed by atoms with Crippen molar-refractivity contribution in [3.8, 4) is 0 Å². The first-order chi connectivity index (χ1) is 5.41. The zero-order chi connectivity index (χ0) is 9.35. The van der Waals surface area contributed by atoms with E-state index in [-0.39, 0.29) is 6.04 Å². The third kappa shape index (κ3) is 2.17. The highest BCUT2D eigenvalue weighted by atomic mass is 16.5. The minimum atomic E-state index is -1.68. The maximum atomic E-state index is 9.38. The Morgan fingerprint density at radius 1 is 1.42 bits per heavy atom. The van der Waals surface area contributed by atoms with Gasteiger partial charge >= 0.3 is 0 Å². The molecule has 1 fully saturated rings. The van der Waals surface area contributed by atoms with Gasteiger partial charge in [-0.2, -0.15) is 0 Å². The van der Waals surface area contributed by atoms with Gasteiger partial charge in [0.1, 0.15) is 0 Å². The fourth-order valence-electron chi connectivity index (χ4n) is 1.61. The molecule has 72 valence electrons. The number of nitrogens with one attached hydrogen (secondary N) is 1. The molecule has 4 heteroatoms. The van der Waals surface area contributed by atoms with Gasteiger partial charge in [-0.1, -0.05) is 0 Å². The number of aliphatic hydroxyl groups is 2. The molecule has 0 radical (unpaired) electrons. The Morgan fingerprint density at radius 2 is 2.00 bits per heavy atom. The lowest BCUT2D eigenvalue weighted by atomic mass is 10.1. The molecule has 0 spiro atoms. The van der Waals surface area contributed by atoms with Crippen molar-refractivity contribution in [1.29, 1.82) is 0 Å². The number of hydrogen-bond acceptors (Lipinski definition) is 4. The molecule has 0 saturated carbocycles. The lowest BCUT2D eigenvalue weighted by Gasteiger charge is -2.42. The second-order valence-electron chi connectivity index (χ2n) is 3.78. The number of rotatable bonds is 1. The third-order valence-electron chi connectivity index (χ3n) is 2.31. The van der Waals surface area contributed by atoms with Crippen LogP contribution in [0.3, 0.4) is 0 Å². The van der Waals surface area contributed by atoms with E-state index >= 15 is 0 Å². The van der Waals surface area contributed by atoms with Crippen LogP contribution in [0.2, 0.25) is 0 Å². The van der Waals surface area contributed by atoms with E-state index in [1.807, 2.05) is 13.8 Å². The molecule has 0 amide bonds. The van der Waals surface area contributed by atoms with Gasteiger partial charge in [0.25, 0.3) is 0 Å². The second kappa shape index (κ2) is 3.30. The van der Waals surface area contributed by atoms with Gasteiger partial charge in [-0.15, -0.1) is 0 Å². The molecule has 2 unspecified atom stereocenters. The lowest BCUT2D eigenvalue weighted by molar-refractivity contribution is -0.266. The third-order valence-corrected chi connectivity index (χ3v) is 2.31. The molecule has 1 heterocycles. The van der Waals surface area contributed by atoms with Crippen LogP contribution in [0.5, 0.6) is 0 Å². The Hall–Kier alpha value is -0.160. The summed E-state index contributed by atoms with van der Waals surface area (Å²) in [5.74, 6) is -1.68. The maximum Gasteiger partial charge on any atom is 0.222 e. The van der Waals surface area contributed by atoms with Crippen molar-refractivity contribution >= 4 is 0 Å². The number of piperazine rings is 1. The van der Waals surface area contributed by atoms with Crippen molar-refractivity contribution in [3.05, 3.63) is 0 Å². The predicted octanol–water partition coefficient (Wildman–Crippen LogP) is -0.673. The summed E-state index contributed by atoms with van der Waals surface area (Å²) >= 11 is 0. The predicted molar refractivity (Wildman–Crippen MR) is 46.5 cm³/mol. The molecule has 1 saturated heterocycles. The molecule has 1 rings (SSSR count). The van der Waals surface area contributed by atoms with Crippen LogP contribution in [0.15, 0.2) is 0 Å². The molecule has 0 aromatic carbocycles. The van der Waals surface area contributed by atoms with Crippen molar-refractivity contribution in [2.24, 2.45) is 0 Å². The van der Waals surface area contributed by atoms with Gasteiger partial charge in [-0.3, -0.25) is 0 Å². The van der Waals surface area contributed by atoms with Gasteiger partial charge in [0.2, 0.25) is 5.91 Å². The Kier molecular flexibility index (Phi) is 2.73. The largest absolute Gasteiger partial charge is 0.353 e. The van der Waals surface area contributed by atoms with E-state index in [2.05, 4.69) is 5.32 Å². The van der Waals surface area contributed by atoms with Gasteiger partial charge in [-0.25, -0.2) is 4.90 Å². The van der Waals surface area contributed by atoms with E-state index in [0.717, 1.165) is 6.54 Å². The highest BCUT2D eigenvalue weighted by Crippen LogP contribution is 2.15. The molecule has 0 aromatic rings. The van der Waals surface area contributed by atoms with Crippen molar-refractivity contribution < 1.29 is 10.2 Å². The van der Waals surface area contributed by atoms with Gasteiger partial charge < -0.3 is 15.5 Å². The first-order valence-electron chi connectivity index (χ1n) is 4.36. The lowest BCUT2D eigenvalue weighted by Crippen LogP contribution is -2.62. The summed E-state index contributed by atoms with van der Waals surface area (Å²) in [7, 11) is 0. The van der Waals surface area contributed by atoms with Crippen LogP contribution in [0, 0.1) is 0 Å². The molecule has 1 aliphatic rings. The van der Waals surface area contributed by atoms with E-state index in [4.69, 9.17) is 0 Å². The summed E-state index contributed by atoms with van der Waals surface area (Å²) in [6.07, 6.45) is 0. The van der Waals surface area contributed by atoms with Crippen molar-refractivity contribution in [2.75, 3.05) is 13.1 Å². The van der Waals surface area contributed by atoms with E-state index in [0.29, 0.717) is 12.6 Å². The molecule has 1 aliphatic heterocycles. The maximum absolute atomic E-state index is 9.38. The average Bonchev–Trinajstić information content (AvgIpc) is 1.92. The first kappa shape index (κ1) is 9.92. The zero-order valence-corrected chi connectivity index (χ0v) is 7.91. The fourth-order valence-corrected chi connectivity index (χ4v) is 1.61. The number of hydrogen-bond donors (Lipinski definition) is 3. The van der Waals surface area contributed by atoms with Crippen molar-refractivity contribution in [2.45, 2.75) is 38.8 Å². The Bertz CT molecular complexity index is 156. The van der Waals surface area contributed by atoms with Gasteiger partial charge in [0, 0.05) is 32.1 Å². The summed E-state index contributed by atoms with van der Waals surface area (Å²) in [6.45, 7) is 6.89. The van der Waals surface area contributed by atoms with Gasteiger partial charge in [-0.05, 0) is 13.8 Å². The van der Waals surface area contributed by atoms with Crippen LogP contribution in [0.1, 0.15) is 20.8 Å². The van der Waals surface area contributed by atoms with Crippen LogP contribution in [-0.4, -0.2) is 46.2 Å². The molecule has 0 aromatic heterocycles. The monoisotopic (exact) mass is 174 g/mol. The summed E-state index contributed by atoms with van der Waals surface area (Å²) in [6, 6.07) is 0.487. The number of nitrogens with zero attached hydrogens (tertiary/aromatic N) is 1. The van der Waals surface area contributed by atoms with Crippen LogP contribution in [0.4, 0.5) is 0 Å². The van der Waals surface area contributed by atoms with Crippen LogP contribution < -0.4 is 5.32 Å². The molecule has 0 aliphatic carbocycles. The summed E-state index contributed by atoms with van der Waals surface area (Å²) in [5, 5.41) is 22.0. The summed E-state index contributed by atoms with van der Waals surface area (Å²) in [4.78, 5) is 1.69. The summed E-state index contributed by atoms with van der Waals surface area (Å²) < 4.78 is 0. The Morgan fingerprint density at radius 3 is 2.42 bits per heavy atom. The van der Waals surface area contributed by atoms with Crippen molar-refractivity contribution in [3.63, 3.8) is 0 Å². The van der Waals surface area contributed by atoms with Crippen LogP contribution in [-0.2, 0) is 0 Å². The van der Waals surface area contributed by atoms with E-state index in [1.165, 1.54) is 6.92 Å². The minimum absolute atomic E-state index is 0.168. The van der Waals surface area contributed by atoms with Crippen LogP contribution >= 0.6 is 0 Å². The first-order valence-corrected chi connectivity index (χ1v) is 4.36. The molecule has 0 bridgehead atoms. The van der Waals surface area contributed by atoms with E-state index in [1.54, 1.807) is 4.90 Å². The second-order valence-corrected chi connectivity index (χ2v) is 3.78. The minimum Gasteiger partial charge on any atom is -0.353 e. The Labute approximate surface area is 73.2 Å². The van der Waals surface area contributed by atoms with Gasteiger partial charge in [0.15, 0.2) is 0 Å². The SMILES string of the molecule is CC1CN(C(C)(O)O)C(C)CN1.